The highest BCUT2D eigenvalue weighted by molar-refractivity contribution is 14.0. The fraction of sp³-hybridized carbons (Fsp3) is 0.667. The second-order valence-corrected chi connectivity index (χ2v) is 6.85. The fourth-order valence-corrected chi connectivity index (χ4v) is 2.12. The fourth-order valence-electron chi connectivity index (χ4n) is 1.70. The molecule has 1 heterocycles. The van der Waals surface area contributed by atoms with Crippen LogP contribution < -0.4 is 10.6 Å². The Morgan fingerprint density at radius 3 is 2.35 bits per heavy atom. The summed E-state index contributed by atoms with van der Waals surface area (Å²) >= 11 is 12.1. The van der Waals surface area contributed by atoms with Crippen molar-refractivity contribution in [2.75, 3.05) is 27.2 Å². The maximum absolute atomic E-state index is 6.08. The van der Waals surface area contributed by atoms with E-state index in [9.17, 15) is 0 Å². The molecule has 5 nitrogen and oxygen atoms in total. The number of nitrogens with zero attached hydrogens (tertiary/aromatic N) is 3. The van der Waals surface area contributed by atoms with Gasteiger partial charge in [-0.2, -0.15) is 0 Å². The Balaban J connectivity index is 0.00000484. The average Bonchev–Trinajstić information content (AvgIpc) is 2.69. The van der Waals surface area contributed by atoms with Gasteiger partial charge < -0.3 is 20.1 Å². The molecule has 23 heavy (non-hydrogen) atoms. The van der Waals surface area contributed by atoms with E-state index >= 15 is 0 Å². The van der Waals surface area contributed by atoms with Crippen LogP contribution in [0.1, 0.15) is 26.5 Å². The van der Waals surface area contributed by atoms with Crippen molar-refractivity contribution < 1.29 is 0 Å². The van der Waals surface area contributed by atoms with Gasteiger partial charge in [0.15, 0.2) is 5.96 Å². The van der Waals surface area contributed by atoms with Gasteiger partial charge in [0, 0.05) is 31.4 Å². The molecule has 0 fully saturated rings. The quantitative estimate of drug-likeness (QED) is 0.376. The molecule has 0 saturated heterocycles. The van der Waals surface area contributed by atoms with Crippen molar-refractivity contribution in [2.45, 2.75) is 32.9 Å². The summed E-state index contributed by atoms with van der Waals surface area (Å²) in [7, 11) is 6.02. The summed E-state index contributed by atoms with van der Waals surface area (Å²) in [4.78, 5) is 6.78. The van der Waals surface area contributed by atoms with Gasteiger partial charge in [0.25, 0.3) is 0 Å². The van der Waals surface area contributed by atoms with Crippen LogP contribution in [0.25, 0.3) is 0 Å². The van der Waals surface area contributed by atoms with Crippen LogP contribution in [0.15, 0.2) is 11.1 Å². The van der Waals surface area contributed by atoms with E-state index in [0.29, 0.717) is 16.7 Å². The summed E-state index contributed by atoms with van der Waals surface area (Å²) < 4.78 is 1.85. The second kappa shape index (κ2) is 9.96. The maximum Gasteiger partial charge on any atom is 0.191 e. The summed E-state index contributed by atoms with van der Waals surface area (Å²) in [5.74, 6) is 0.783. The van der Waals surface area contributed by atoms with E-state index in [-0.39, 0.29) is 29.5 Å². The van der Waals surface area contributed by atoms with Crippen LogP contribution in [0.4, 0.5) is 0 Å². The predicted octanol–water partition coefficient (Wildman–Crippen LogP) is 3.35. The predicted molar refractivity (Wildman–Crippen MR) is 111 cm³/mol. The maximum atomic E-state index is 6.08. The highest BCUT2D eigenvalue weighted by Crippen LogP contribution is 2.25. The van der Waals surface area contributed by atoms with Crippen molar-refractivity contribution in [1.29, 1.82) is 0 Å². The number of hydrogen-bond acceptors (Lipinski definition) is 2. The molecule has 0 aliphatic rings. The van der Waals surface area contributed by atoms with Crippen LogP contribution in [-0.2, 0) is 13.6 Å². The van der Waals surface area contributed by atoms with Gasteiger partial charge in [-0.05, 0) is 40.9 Å². The number of guanidine groups is 1. The zero-order valence-electron chi connectivity index (χ0n) is 14.7. The average molecular weight is 476 g/mol. The van der Waals surface area contributed by atoms with Gasteiger partial charge in [0.2, 0.25) is 0 Å². The number of aromatic nitrogens is 1. The Morgan fingerprint density at radius 1 is 1.30 bits per heavy atom. The molecule has 0 aliphatic carbocycles. The Kier molecular flexibility index (Phi) is 9.88. The molecule has 2 N–H and O–H groups in total. The molecule has 0 bridgehead atoms. The van der Waals surface area contributed by atoms with Gasteiger partial charge in [0.05, 0.1) is 11.6 Å². The molecule has 0 spiro atoms. The van der Waals surface area contributed by atoms with Gasteiger partial charge in [-0.15, -0.1) is 24.0 Å². The summed E-state index contributed by atoms with van der Waals surface area (Å²) in [5.41, 5.74) is 1.01. The topological polar surface area (TPSA) is 44.6 Å². The molecule has 0 aliphatic heterocycles. The van der Waals surface area contributed by atoms with Crippen LogP contribution in [0, 0.1) is 0 Å². The van der Waals surface area contributed by atoms with E-state index in [1.807, 2.05) is 24.6 Å². The molecule has 0 saturated carbocycles. The third-order valence-electron chi connectivity index (χ3n) is 3.86. The number of rotatable bonds is 6. The molecule has 0 unspecified atom stereocenters. The summed E-state index contributed by atoms with van der Waals surface area (Å²) in [5, 5.41) is 7.72. The minimum Gasteiger partial charge on any atom is -0.357 e. The van der Waals surface area contributed by atoms with E-state index in [4.69, 9.17) is 23.2 Å². The molecular formula is C15H28Cl2IN5. The largest absolute Gasteiger partial charge is 0.357 e. The van der Waals surface area contributed by atoms with Crippen LogP contribution >= 0.6 is 47.2 Å². The first kappa shape index (κ1) is 22.8. The van der Waals surface area contributed by atoms with Gasteiger partial charge >= 0.3 is 0 Å². The number of nitrogens with one attached hydrogen (secondary N) is 2. The van der Waals surface area contributed by atoms with E-state index in [1.54, 1.807) is 0 Å². The van der Waals surface area contributed by atoms with E-state index in [0.717, 1.165) is 24.7 Å². The molecule has 0 radical (unpaired) electrons. The van der Waals surface area contributed by atoms with Crippen LogP contribution in [0.5, 0.6) is 0 Å². The van der Waals surface area contributed by atoms with Crippen molar-refractivity contribution in [3.05, 3.63) is 21.9 Å². The summed E-state index contributed by atoms with van der Waals surface area (Å²) in [6.45, 7) is 8.52. The van der Waals surface area contributed by atoms with Crippen molar-refractivity contribution in [3.63, 3.8) is 0 Å². The first-order valence-corrected chi connectivity index (χ1v) is 8.13. The smallest absolute Gasteiger partial charge is 0.191 e. The number of likely N-dealkylation sites (N-methyl/N-ethyl adjacent to an activating group) is 1. The second-order valence-electron chi connectivity index (χ2n) is 6.09. The lowest BCUT2D eigenvalue weighted by Gasteiger charge is -2.33. The summed E-state index contributed by atoms with van der Waals surface area (Å²) in [6.07, 6.45) is 0. The molecule has 1 aromatic rings. The van der Waals surface area contributed by atoms with Crippen molar-refractivity contribution in [3.8, 4) is 0 Å². The zero-order chi connectivity index (χ0) is 16.9. The standard InChI is InChI=1S/C15H27Cl2N5.HI/c1-7-18-14(20-10-15(2,3)21(4)5)19-9-11-8-12(16)13(17)22(11)6;/h8H,7,9-10H2,1-6H3,(H2,18,19,20);1H. The minimum absolute atomic E-state index is 0. The molecule has 1 rings (SSSR count). The van der Waals surface area contributed by atoms with Crippen molar-refractivity contribution >= 4 is 53.1 Å². The monoisotopic (exact) mass is 475 g/mol. The normalized spacial score (nSPS) is 12.3. The van der Waals surface area contributed by atoms with Crippen LogP contribution in [0.3, 0.4) is 0 Å². The zero-order valence-corrected chi connectivity index (χ0v) is 18.5. The van der Waals surface area contributed by atoms with E-state index in [2.05, 4.69) is 48.5 Å². The Labute approximate surface area is 166 Å². The Bertz CT molecular complexity index is 526. The minimum atomic E-state index is 0. The van der Waals surface area contributed by atoms with Gasteiger partial charge in [-0.25, -0.2) is 4.99 Å². The number of aliphatic imine (C=N–C) groups is 1. The van der Waals surface area contributed by atoms with Gasteiger partial charge in [-0.1, -0.05) is 23.2 Å². The molecule has 1 aromatic heterocycles. The molecular weight excluding hydrogens is 448 g/mol. The molecule has 134 valence electrons. The number of hydrogen-bond donors (Lipinski definition) is 2. The van der Waals surface area contributed by atoms with Gasteiger partial charge in [-0.3, -0.25) is 0 Å². The Hall–Kier alpha value is -0.180. The van der Waals surface area contributed by atoms with Gasteiger partial charge in [0.1, 0.15) is 5.15 Å². The highest BCUT2D eigenvalue weighted by atomic mass is 127. The first-order valence-electron chi connectivity index (χ1n) is 7.38. The third kappa shape index (κ3) is 6.68. The van der Waals surface area contributed by atoms with E-state index in [1.165, 1.54) is 0 Å². The molecule has 0 aromatic carbocycles. The lowest BCUT2D eigenvalue weighted by Crippen LogP contribution is -2.50. The van der Waals surface area contributed by atoms with Crippen LogP contribution in [0.2, 0.25) is 10.2 Å². The lowest BCUT2D eigenvalue weighted by atomic mass is 10.0. The SMILES string of the molecule is CCNC(=NCc1cc(Cl)c(Cl)n1C)NCC(C)(C)N(C)C.I. The van der Waals surface area contributed by atoms with Crippen molar-refractivity contribution in [2.24, 2.45) is 12.0 Å². The molecule has 0 atom stereocenters. The van der Waals surface area contributed by atoms with Crippen LogP contribution in [-0.4, -0.2) is 48.2 Å². The molecule has 8 heteroatoms. The third-order valence-corrected chi connectivity index (χ3v) is 4.70. The lowest BCUT2D eigenvalue weighted by molar-refractivity contribution is 0.197. The van der Waals surface area contributed by atoms with Crippen molar-refractivity contribution in [1.82, 2.24) is 20.1 Å². The molecule has 0 amide bonds. The Morgan fingerprint density at radius 2 is 1.91 bits per heavy atom. The first-order chi connectivity index (χ1) is 10.2. The number of halogens is 3. The highest BCUT2D eigenvalue weighted by Gasteiger charge is 2.20. The summed E-state index contributed by atoms with van der Waals surface area (Å²) in [6, 6.07) is 1.85. The van der Waals surface area contributed by atoms with E-state index < -0.39 is 0 Å².